The maximum Gasteiger partial charge on any atom is 0.490 e. The van der Waals surface area contributed by atoms with E-state index in [-0.39, 0.29) is 17.6 Å². The van der Waals surface area contributed by atoms with Crippen molar-refractivity contribution in [1.82, 2.24) is 9.88 Å². The smallest absolute Gasteiger partial charge is 0.475 e. The Bertz CT molecular complexity index is 937. The number of hydrogen-bond donors (Lipinski definition) is 1. The molecule has 32 heavy (non-hydrogen) atoms. The van der Waals surface area contributed by atoms with Gasteiger partial charge in [-0.15, -0.1) is 11.3 Å². The fraction of sp³-hybridized carbons (Fsp3) is 0.476. The molecule has 4 heterocycles. The second-order valence-corrected chi connectivity index (χ2v) is 8.62. The number of amides is 1. The van der Waals surface area contributed by atoms with Crippen LogP contribution in [0.2, 0.25) is 0 Å². The molecular formula is C21H23F3N2O5S. The summed E-state index contributed by atoms with van der Waals surface area (Å²) < 4.78 is 43.8. The van der Waals surface area contributed by atoms with Gasteiger partial charge >= 0.3 is 12.1 Å². The molecule has 2 aromatic rings. The van der Waals surface area contributed by atoms with Gasteiger partial charge in [0.2, 0.25) is 0 Å². The molecule has 0 saturated carbocycles. The zero-order valence-corrected chi connectivity index (χ0v) is 18.1. The summed E-state index contributed by atoms with van der Waals surface area (Å²) in [4.78, 5) is 28.5. The highest BCUT2D eigenvalue weighted by Gasteiger charge is 2.47. The third-order valence-electron chi connectivity index (χ3n) is 5.29. The van der Waals surface area contributed by atoms with Crippen LogP contribution in [0.4, 0.5) is 13.2 Å². The minimum Gasteiger partial charge on any atom is -0.475 e. The second kappa shape index (κ2) is 9.97. The number of hydrogen-bond acceptors (Lipinski definition) is 6. The van der Waals surface area contributed by atoms with Crippen molar-refractivity contribution in [2.75, 3.05) is 19.7 Å². The third-order valence-corrected chi connectivity index (χ3v) is 6.29. The van der Waals surface area contributed by atoms with Crippen molar-refractivity contribution in [3.8, 4) is 0 Å². The van der Waals surface area contributed by atoms with Crippen LogP contribution in [0.15, 0.2) is 36.0 Å². The molecule has 4 rings (SSSR count). The second-order valence-electron chi connectivity index (χ2n) is 7.70. The third kappa shape index (κ3) is 6.05. The van der Waals surface area contributed by atoms with Gasteiger partial charge in [-0.2, -0.15) is 13.2 Å². The molecule has 11 heteroatoms. The zero-order chi connectivity index (χ0) is 23.4. The monoisotopic (exact) mass is 472 g/mol. The summed E-state index contributed by atoms with van der Waals surface area (Å²) in [5.74, 6) is -2.62. The Labute approximate surface area is 186 Å². The molecule has 2 aromatic heterocycles. The van der Waals surface area contributed by atoms with Gasteiger partial charge in [0.1, 0.15) is 0 Å². The summed E-state index contributed by atoms with van der Waals surface area (Å²) in [6.45, 7) is 4.56. The van der Waals surface area contributed by atoms with Gasteiger partial charge in [0, 0.05) is 25.4 Å². The summed E-state index contributed by atoms with van der Waals surface area (Å²) in [6, 6.07) is 5.92. The zero-order valence-electron chi connectivity index (χ0n) is 17.3. The molecule has 0 aromatic carbocycles. The van der Waals surface area contributed by atoms with Crippen molar-refractivity contribution < 1.29 is 37.3 Å². The Hall–Kier alpha value is -2.50. The van der Waals surface area contributed by atoms with Crippen LogP contribution in [0.1, 0.15) is 33.6 Å². The summed E-state index contributed by atoms with van der Waals surface area (Å²) in [6.07, 6.45) is 0.316. The molecule has 2 saturated heterocycles. The van der Waals surface area contributed by atoms with Crippen LogP contribution in [0.3, 0.4) is 0 Å². The number of carboxylic acids is 1. The first-order valence-electron chi connectivity index (χ1n) is 9.88. The maximum absolute atomic E-state index is 12.7. The largest absolute Gasteiger partial charge is 0.490 e. The number of ether oxygens (including phenoxy) is 2. The van der Waals surface area contributed by atoms with Gasteiger partial charge in [-0.1, -0.05) is 6.07 Å². The van der Waals surface area contributed by atoms with Crippen LogP contribution < -0.4 is 0 Å². The van der Waals surface area contributed by atoms with Crippen molar-refractivity contribution in [1.29, 1.82) is 0 Å². The SMILES string of the molecule is Cc1ccsc1C(=O)N1CC[C@]2(C[C@H](OCc3cccnc3)CO2)C1.O=C(O)C(F)(F)F. The lowest BCUT2D eigenvalue weighted by Crippen LogP contribution is -2.36. The summed E-state index contributed by atoms with van der Waals surface area (Å²) in [5.41, 5.74) is 1.89. The predicted octanol–water partition coefficient (Wildman–Crippen LogP) is 3.68. The molecule has 2 aliphatic heterocycles. The molecule has 0 unspecified atom stereocenters. The number of nitrogens with zero attached hydrogens (tertiary/aromatic N) is 2. The van der Waals surface area contributed by atoms with Crippen LogP contribution >= 0.6 is 11.3 Å². The number of alkyl halides is 3. The Kier molecular flexibility index (Phi) is 7.52. The lowest BCUT2D eigenvalue weighted by atomic mass is 9.98. The van der Waals surface area contributed by atoms with E-state index in [0.29, 0.717) is 19.8 Å². The number of likely N-dealkylation sites (tertiary alicyclic amines) is 1. The van der Waals surface area contributed by atoms with E-state index in [1.165, 1.54) is 11.3 Å². The Morgan fingerprint density at radius 2 is 2.16 bits per heavy atom. The highest BCUT2D eigenvalue weighted by Crippen LogP contribution is 2.37. The summed E-state index contributed by atoms with van der Waals surface area (Å²) in [7, 11) is 0. The molecule has 1 amide bonds. The fourth-order valence-electron chi connectivity index (χ4n) is 3.64. The summed E-state index contributed by atoms with van der Waals surface area (Å²) in [5, 5.41) is 9.10. The van der Waals surface area contributed by atoms with Crippen molar-refractivity contribution in [3.63, 3.8) is 0 Å². The number of aryl methyl sites for hydroxylation is 1. The highest BCUT2D eigenvalue weighted by atomic mass is 32.1. The van der Waals surface area contributed by atoms with E-state index in [4.69, 9.17) is 19.4 Å². The van der Waals surface area contributed by atoms with E-state index in [1.807, 2.05) is 41.6 Å². The molecule has 174 valence electrons. The first kappa shape index (κ1) is 24.1. The number of pyridine rings is 1. The van der Waals surface area contributed by atoms with E-state index < -0.39 is 12.1 Å². The van der Waals surface area contributed by atoms with Gasteiger partial charge in [0.15, 0.2) is 0 Å². The Balaban J connectivity index is 0.000000360. The minimum atomic E-state index is -5.08. The molecule has 1 N–H and O–H groups in total. The van der Waals surface area contributed by atoms with Crippen LogP contribution in [-0.2, 0) is 20.9 Å². The van der Waals surface area contributed by atoms with Gasteiger partial charge < -0.3 is 19.5 Å². The fourth-order valence-corrected chi connectivity index (χ4v) is 4.54. The number of aromatic nitrogens is 1. The first-order chi connectivity index (χ1) is 15.1. The maximum atomic E-state index is 12.7. The molecule has 2 aliphatic rings. The van der Waals surface area contributed by atoms with Crippen molar-refractivity contribution in [2.45, 2.75) is 44.3 Å². The van der Waals surface area contributed by atoms with E-state index in [1.54, 1.807) is 6.20 Å². The quantitative estimate of drug-likeness (QED) is 0.731. The number of rotatable bonds is 4. The molecule has 2 atom stereocenters. The average molecular weight is 472 g/mol. The Morgan fingerprint density at radius 1 is 1.41 bits per heavy atom. The lowest BCUT2D eigenvalue weighted by molar-refractivity contribution is -0.192. The van der Waals surface area contributed by atoms with Gasteiger partial charge in [0.05, 0.1) is 36.3 Å². The first-order valence-corrected chi connectivity index (χ1v) is 10.8. The number of carbonyl (C=O) groups excluding carboxylic acids is 1. The van der Waals surface area contributed by atoms with Crippen LogP contribution in [-0.4, -0.2) is 64.4 Å². The molecule has 0 bridgehead atoms. The van der Waals surface area contributed by atoms with Gasteiger partial charge in [0.25, 0.3) is 5.91 Å². The van der Waals surface area contributed by atoms with Gasteiger partial charge in [-0.05, 0) is 42.0 Å². The van der Waals surface area contributed by atoms with E-state index in [0.717, 1.165) is 35.4 Å². The average Bonchev–Trinajstić information content (AvgIpc) is 3.47. The van der Waals surface area contributed by atoms with Gasteiger partial charge in [-0.3, -0.25) is 9.78 Å². The highest BCUT2D eigenvalue weighted by molar-refractivity contribution is 7.12. The van der Waals surface area contributed by atoms with Crippen LogP contribution in [0, 0.1) is 6.92 Å². The topological polar surface area (TPSA) is 89.0 Å². The summed E-state index contributed by atoms with van der Waals surface area (Å²) >= 11 is 1.52. The number of carboxylic acid groups (broad SMARTS) is 1. The predicted molar refractivity (Wildman–Crippen MR) is 109 cm³/mol. The minimum absolute atomic E-state index is 0.0822. The molecule has 2 fully saturated rings. The van der Waals surface area contributed by atoms with Gasteiger partial charge in [-0.25, -0.2) is 4.79 Å². The van der Waals surface area contributed by atoms with Crippen molar-refractivity contribution in [2.24, 2.45) is 0 Å². The van der Waals surface area contributed by atoms with E-state index >= 15 is 0 Å². The number of thiophene rings is 1. The standard InChI is InChI=1S/C19H22N2O3S.C2HF3O2/c1-14-4-8-25-17(14)18(22)21-7-5-19(13-21)9-16(12-24-19)23-11-15-3-2-6-20-10-15;3-2(4,5)1(6)7/h2-4,6,8,10,16H,5,7,9,11-13H2,1H3;(H,6,7)/t16-,19-;/m0./s1. The molecule has 0 radical (unpaired) electrons. The normalized spacial score (nSPS) is 22.6. The molecule has 1 spiro atoms. The van der Waals surface area contributed by atoms with Crippen LogP contribution in [0.5, 0.6) is 0 Å². The molecule has 0 aliphatic carbocycles. The number of carbonyl (C=O) groups is 2. The van der Waals surface area contributed by atoms with E-state index in [2.05, 4.69) is 4.98 Å². The Morgan fingerprint density at radius 3 is 2.75 bits per heavy atom. The number of halogens is 3. The lowest BCUT2D eigenvalue weighted by Gasteiger charge is -2.23. The van der Waals surface area contributed by atoms with Crippen molar-refractivity contribution in [3.05, 3.63) is 52.0 Å². The van der Waals surface area contributed by atoms with Crippen molar-refractivity contribution >= 4 is 23.2 Å². The number of aliphatic carboxylic acids is 1. The molecular weight excluding hydrogens is 449 g/mol. The molecule has 7 nitrogen and oxygen atoms in total. The van der Waals surface area contributed by atoms with E-state index in [9.17, 15) is 18.0 Å². The van der Waals surface area contributed by atoms with Crippen LogP contribution in [0.25, 0.3) is 0 Å².